The molecule has 1 saturated heterocycles. The van der Waals surface area contributed by atoms with Crippen molar-refractivity contribution in [2.24, 2.45) is 23.5 Å². The van der Waals surface area contributed by atoms with Crippen molar-refractivity contribution in [3.63, 3.8) is 0 Å². The van der Waals surface area contributed by atoms with Crippen molar-refractivity contribution in [2.45, 2.75) is 57.5 Å². The van der Waals surface area contributed by atoms with Gasteiger partial charge in [0.05, 0.1) is 5.92 Å². The van der Waals surface area contributed by atoms with E-state index in [4.69, 9.17) is 5.73 Å². The van der Waals surface area contributed by atoms with Crippen molar-refractivity contribution in [3.05, 3.63) is 29.8 Å². The molecule has 1 aromatic carbocycles. The molecule has 4 nitrogen and oxygen atoms in total. The molecule has 4 rings (SSSR count). The molecular weight excluding hydrogens is 310 g/mol. The van der Waals surface area contributed by atoms with Gasteiger partial charge in [-0.1, -0.05) is 25.0 Å². The van der Waals surface area contributed by atoms with Crippen molar-refractivity contribution in [1.29, 1.82) is 0 Å². The van der Waals surface area contributed by atoms with Crippen molar-refractivity contribution in [3.8, 4) is 0 Å². The van der Waals surface area contributed by atoms with Crippen LogP contribution in [0.15, 0.2) is 24.3 Å². The molecule has 4 atom stereocenters. The van der Waals surface area contributed by atoms with E-state index in [1.165, 1.54) is 57.2 Å². The number of nitrogens with one attached hydrogen (secondary N) is 1. The average molecular weight is 341 g/mol. The maximum atomic E-state index is 12.7. The highest BCUT2D eigenvalue weighted by Gasteiger charge is 2.49. The smallest absolute Gasteiger partial charge is 0.229 e. The summed E-state index contributed by atoms with van der Waals surface area (Å²) in [6, 6.07) is 8.46. The van der Waals surface area contributed by atoms with Crippen molar-refractivity contribution in [1.82, 2.24) is 4.90 Å². The number of nitrogens with two attached hydrogens (primary N) is 1. The lowest BCUT2D eigenvalue weighted by Gasteiger charge is -2.27. The molecule has 25 heavy (non-hydrogen) atoms. The molecule has 136 valence electrons. The number of anilines is 1. The highest BCUT2D eigenvalue weighted by molar-refractivity contribution is 5.93. The molecular formula is C21H31N3O. The summed E-state index contributed by atoms with van der Waals surface area (Å²) >= 11 is 0. The second-order valence-electron chi connectivity index (χ2n) is 8.31. The van der Waals surface area contributed by atoms with Crippen LogP contribution in [-0.2, 0) is 11.3 Å². The number of hydrogen-bond acceptors (Lipinski definition) is 3. The van der Waals surface area contributed by atoms with Gasteiger partial charge >= 0.3 is 0 Å². The van der Waals surface area contributed by atoms with Gasteiger partial charge in [0.25, 0.3) is 0 Å². The van der Waals surface area contributed by atoms with Crippen LogP contribution >= 0.6 is 0 Å². The number of benzene rings is 1. The molecule has 0 spiro atoms. The van der Waals surface area contributed by atoms with E-state index in [0.717, 1.165) is 18.7 Å². The van der Waals surface area contributed by atoms with E-state index in [1.807, 2.05) is 12.1 Å². The number of likely N-dealkylation sites (tertiary alicyclic amines) is 1. The van der Waals surface area contributed by atoms with Gasteiger partial charge in [-0.15, -0.1) is 0 Å². The molecule has 3 fully saturated rings. The quantitative estimate of drug-likeness (QED) is 0.883. The standard InChI is InChI=1S/C21H31N3O/c22-20-17-8-7-16(13-17)19(20)21(25)23-18-9-5-15(6-10-18)14-24-11-3-1-2-4-12-24/h5-6,9-10,16-17,19-20H,1-4,7-8,11-14,22H2,(H,23,25). The second-order valence-corrected chi connectivity index (χ2v) is 8.31. The Bertz CT molecular complexity index is 590. The minimum Gasteiger partial charge on any atom is -0.327 e. The Balaban J connectivity index is 1.33. The number of carbonyl (C=O) groups is 1. The third-order valence-corrected chi connectivity index (χ3v) is 6.61. The molecule has 1 aliphatic heterocycles. The van der Waals surface area contributed by atoms with Crippen molar-refractivity contribution in [2.75, 3.05) is 18.4 Å². The lowest BCUT2D eigenvalue weighted by atomic mass is 9.84. The van der Waals surface area contributed by atoms with Gasteiger partial charge in [-0.25, -0.2) is 0 Å². The Kier molecular flexibility index (Phi) is 5.09. The van der Waals surface area contributed by atoms with Crippen LogP contribution in [0.5, 0.6) is 0 Å². The number of amides is 1. The van der Waals surface area contributed by atoms with Gasteiger partial charge < -0.3 is 11.1 Å². The Hall–Kier alpha value is -1.39. The summed E-state index contributed by atoms with van der Waals surface area (Å²) in [6.45, 7) is 3.44. The highest BCUT2D eigenvalue weighted by atomic mass is 16.2. The van der Waals surface area contributed by atoms with Crippen LogP contribution in [0.25, 0.3) is 0 Å². The summed E-state index contributed by atoms with van der Waals surface area (Å²) in [5.41, 5.74) is 8.53. The van der Waals surface area contributed by atoms with Crippen molar-refractivity contribution < 1.29 is 4.79 Å². The third kappa shape index (κ3) is 3.75. The molecule has 2 bridgehead atoms. The first-order valence-corrected chi connectivity index (χ1v) is 10.1. The van der Waals surface area contributed by atoms with Crippen LogP contribution < -0.4 is 11.1 Å². The van der Waals surface area contributed by atoms with Crippen LogP contribution in [0.3, 0.4) is 0 Å². The van der Waals surface area contributed by atoms with E-state index in [0.29, 0.717) is 11.8 Å². The molecule has 2 saturated carbocycles. The maximum absolute atomic E-state index is 12.7. The van der Waals surface area contributed by atoms with Crippen molar-refractivity contribution >= 4 is 11.6 Å². The summed E-state index contributed by atoms with van der Waals surface area (Å²) in [5, 5.41) is 3.11. The zero-order valence-corrected chi connectivity index (χ0v) is 15.1. The molecule has 0 aromatic heterocycles. The predicted octanol–water partition coefficient (Wildman–Crippen LogP) is 3.37. The number of rotatable bonds is 4. The van der Waals surface area contributed by atoms with Gasteiger partial charge in [0, 0.05) is 18.3 Å². The first-order valence-electron chi connectivity index (χ1n) is 10.1. The minimum atomic E-state index is 0.00975. The third-order valence-electron chi connectivity index (χ3n) is 6.61. The molecule has 3 N–H and O–H groups in total. The molecule has 4 unspecified atom stereocenters. The van der Waals surface area contributed by atoms with Gasteiger partial charge in [-0.2, -0.15) is 0 Å². The predicted molar refractivity (Wildman–Crippen MR) is 101 cm³/mol. The summed E-state index contributed by atoms with van der Waals surface area (Å²) in [5.74, 6) is 1.20. The Morgan fingerprint density at radius 2 is 1.72 bits per heavy atom. The topological polar surface area (TPSA) is 58.4 Å². The van der Waals surface area contributed by atoms with E-state index >= 15 is 0 Å². The largest absolute Gasteiger partial charge is 0.327 e. The average Bonchev–Trinajstić information content (AvgIpc) is 3.10. The number of hydrogen-bond donors (Lipinski definition) is 2. The highest BCUT2D eigenvalue weighted by Crippen LogP contribution is 2.47. The minimum absolute atomic E-state index is 0.00975. The first-order chi connectivity index (χ1) is 12.2. The SMILES string of the molecule is NC1C2CCC(C2)C1C(=O)Nc1ccc(CN2CCCCCC2)cc1. The van der Waals surface area contributed by atoms with Crippen LogP contribution in [-0.4, -0.2) is 29.9 Å². The first kappa shape index (κ1) is 17.0. The molecule has 1 amide bonds. The fraction of sp³-hybridized carbons (Fsp3) is 0.667. The molecule has 2 aliphatic carbocycles. The van der Waals surface area contributed by atoms with E-state index in [1.54, 1.807) is 0 Å². The second kappa shape index (κ2) is 7.46. The summed E-state index contributed by atoms with van der Waals surface area (Å²) in [7, 11) is 0. The lowest BCUT2D eigenvalue weighted by Crippen LogP contribution is -2.42. The molecule has 1 aromatic rings. The lowest BCUT2D eigenvalue weighted by molar-refractivity contribution is -0.121. The number of carbonyl (C=O) groups excluding carboxylic acids is 1. The van der Waals surface area contributed by atoms with E-state index in [-0.39, 0.29) is 17.9 Å². The van der Waals surface area contributed by atoms with E-state index in [2.05, 4.69) is 22.3 Å². The molecule has 1 heterocycles. The van der Waals surface area contributed by atoms with E-state index in [9.17, 15) is 4.79 Å². The van der Waals surface area contributed by atoms with Gasteiger partial charge in [0.15, 0.2) is 0 Å². The van der Waals surface area contributed by atoms with Crippen LogP contribution in [0, 0.1) is 17.8 Å². The zero-order chi connectivity index (χ0) is 17.2. The molecule has 0 radical (unpaired) electrons. The Morgan fingerprint density at radius 1 is 1.04 bits per heavy atom. The van der Waals surface area contributed by atoms with Gasteiger partial charge in [-0.05, 0) is 74.7 Å². The molecule has 3 aliphatic rings. The van der Waals surface area contributed by atoms with Gasteiger partial charge in [-0.3, -0.25) is 9.69 Å². The van der Waals surface area contributed by atoms with E-state index < -0.39 is 0 Å². The zero-order valence-electron chi connectivity index (χ0n) is 15.1. The number of nitrogens with zero attached hydrogens (tertiary/aromatic N) is 1. The Labute approximate surface area is 151 Å². The van der Waals surface area contributed by atoms with Crippen LogP contribution in [0.4, 0.5) is 5.69 Å². The fourth-order valence-electron chi connectivity index (χ4n) is 5.20. The van der Waals surface area contributed by atoms with Gasteiger partial charge in [0.1, 0.15) is 0 Å². The maximum Gasteiger partial charge on any atom is 0.229 e. The Morgan fingerprint density at radius 3 is 2.36 bits per heavy atom. The molecule has 4 heteroatoms. The van der Waals surface area contributed by atoms with Crippen LogP contribution in [0.1, 0.15) is 50.5 Å². The van der Waals surface area contributed by atoms with Crippen LogP contribution in [0.2, 0.25) is 0 Å². The summed E-state index contributed by atoms with van der Waals surface area (Å²) in [4.78, 5) is 15.2. The van der Waals surface area contributed by atoms with Gasteiger partial charge in [0.2, 0.25) is 5.91 Å². The normalized spacial score (nSPS) is 32.5. The monoisotopic (exact) mass is 341 g/mol. The summed E-state index contributed by atoms with van der Waals surface area (Å²) < 4.78 is 0. The fourth-order valence-corrected chi connectivity index (χ4v) is 5.20. The number of fused-ring (bicyclic) bond motifs is 2. The summed E-state index contributed by atoms with van der Waals surface area (Å²) in [6.07, 6.45) is 8.90.